The molecule has 12 heavy (non-hydrogen) atoms. The first-order valence-electron chi connectivity index (χ1n) is 3.64. The molecule has 2 nitrogen and oxygen atoms in total. The Balaban J connectivity index is 3.07. The number of rotatable bonds is 2. The van der Waals surface area contributed by atoms with Gasteiger partial charge in [0.1, 0.15) is 0 Å². The summed E-state index contributed by atoms with van der Waals surface area (Å²) in [5.41, 5.74) is 1.60. The zero-order valence-electron chi connectivity index (χ0n) is 6.82. The highest BCUT2D eigenvalue weighted by molar-refractivity contribution is 7.13. The molecule has 0 heterocycles. The van der Waals surface area contributed by atoms with Gasteiger partial charge in [0.15, 0.2) is 0 Å². The Kier molecular flexibility index (Phi) is 3.28. The maximum absolute atomic E-state index is 8.75. The maximum Gasteiger partial charge on any atom is 0.328 e. The van der Waals surface area contributed by atoms with Crippen molar-refractivity contribution < 1.29 is 4.44 Å². The number of hydrogen-bond acceptors (Lipinski definition) is 2. The predicted molar refractivity (Wildman–Crippen MR) is 53.2 cm³/mol. The summed E-state index contributed by atoms with van der Waals surface area (Å²) in [6.07, 6.45) is 0. The standard InChI is InChI=1S/C8H9BNOP/c1-9(11-12)8-5-3-2-4-7(8)6-10/h2-5H,12H2,1H3. The number of hydrogen-bond donors (Lipinski definition) is 0. The van der Waals surface area contributed by atoms with E-state index in [0.29, 0.717) is 5.56 Å². The molecule has 0 bridgehead atoms. The molecule has 1 rings (SSSR count). The van der Waals surface area contributed by atoms with Crippen molar-refractivity contribution >= 4 is 21.8 Å². The van der Waals surface area contributed by atoms with Crippen molar-refractivity contribution in [1.82, 2.24) is 0 Å². The summed E-state index contributed by atoms with van der Waals surface area (Å²) in [6.45, 7) is 1.86. The lowest BCUT2D eigenvalue weighted by atomic mass is 9.63. The lowest BCUT2D eigenvalue weighted by Gasteiger charge is -2.06. The Morgan fingerprint density at radius 1 is 1.50 bits per heavy atom. The minimum absolute atomic E-state index is 0.0501. The van der Waals surface area contributed by atoms with E-state index in [0.717, 1.165) is 5.46 Å². The highest BCUT2D eigenvalue weighted by atomic mass is 31.0. The van der Waals surface area contributed by atoms with Crippen molar-refractivity contribution in [1.29, 1.82) is 5.26 Å². The minimum atomic E-state index is -0.0501. The van der Waals surface area contributed by atoms with Crippen LogP contribution < -0.4 is 5.46 Å². The Hall–Kier alpha value is -0.835. The van der Waals surface area contributed by atoms with E-state index in [1.54, 1.807) is 6.07 Å². The molecular formula is C8H9BNOP. The van der Waals surface area contributed by atoms with Gasteiger partial charge in [0.25, 0.3) is 0 Å². The lowest BCUT2D eigenvalue weighted by molar-refractivity contribution is 0.687. The van der Waals surface area contributed by atoms with E-state index in [-0.39, 0.29) is 6.92 Å². The molecule has 1 aromatic carbocycles. The second-order valence-electron chi connectivity index (χ2n) is 2.48. The van der Waals surface area contributed by atoms with Gasteiger partial charge in [-0.05, 0) is 21.0 Å². The second kappa shape index (κ2) is 4.26. The van der Waals surface area contributed by atoms with E-state index in [1.165, 1.54) is 0 Å². The van der Waals surface area contributed by atoms with Crippen LogP contribution >= 0.6 is 9.47 Å². The van der Waals surface area contributed by atoms with Crippen molar-refractivity contribution in [3.05, 3.63) is 29.8 Å². The van der Waals surface area contributed by atoms with Gasteiger partial charge in [0.05, 0.1) is 6.07 Å². The van der Waals surface area contributed by atoms with E-state index in [2.05, 4.69) is 15.5 Å². The number of nitrogens with zero attached hydrogens (tertiary/aromatic N) is 1. The zero-order valence-corrected chi connectivity index (χ0v) is 7.97. The van der Waals surface area contributed by atoms with Crippen LogP contribution in [-0.2, 0) is 4.44 Å². The molecule has 0 fully saturated rings. The van der Waals surface area contributed by atoms with E-state index < -0.39 is 0 Å². The first kappa shape index (κ1) is 9.25. The molecule has 0 aliphatic rings. The van der Waals surface area contributed by atoms with Crippen molar-refractivity contribution in [2.45, 2.75) is 6.82 Å². The molecule has 1 aromatic rings. The number of nitriles is 1. The molecule has 0 amide bonds. The van der Waals surface area contributed by atoms with Gasteiger partial charge in [-0.1, -0.05) is 25.0 Å². The van der Waals surface area contributed by atoms with E-state index in [4.69, 9.17) is 9.70 Å². The van der Waals surface area contributed by atoms with Gasteiger partial charge in [-0.2, -0.15) is 5.26 Å². The first-order valence-corrected chi connectivity index (χ1v) is 4.11. The fourth-order valence-electron chi connectivity index (χ4n) is 1.03. The Bertz CT molecular complexity index is 310. The molecule has 0 aliphatic heterocycles. The number of benzene rings is 1. The van der Waals surface area contributed by atoms with Gasteiger partial charge in [-0.15, -0.1) is 0 Å². The molecule has 0 saturated carbocycles. The van der Waals surface area contributed by atoms with Gasteiger partial charge in [0, 0.05) is 5.56 Å². The van der Waals surface area contributed by atoms with Gasteiger partial charge in [-0.3, -0.25) is 0 Å². The molecule has 0 aliphatic carbocycles. The Morgan fingerprint density at radius 3 is 2.75 bits per heavy atom. The molecular weight excluding hydrogens is 168 g/mol. The van der Waals surface area contributed by atoms with Crippen molar-refractivity contribution in [3.63, 3.8) is 0 Å². The van der Waals surface area contributed by atoms with Crippen LogP contribution in [0.5, 0.6) is 0 Å². The molecule has 0 radical (unpaired) electrons. The van der Waals surface area contributed by atoms with E-state index in [1.807, 2.05) is 25.0 Å². The van der Waals surface area contributed by atoms with Crippen LogP contribution in [0.25, 0.3) is 0 Å². The smallest absolute Gasteiger partial charge is 0.328 e. The minimum Gasteiger partial charge on any atom is -0.414 e. The van der Waals surface area contributed by atoms with Crippen LogP contribution in [0.3, 0.4) is 0 Å². The third-order valence-electron chi connectivity index (χ3n) is 1.72. The summed E-state index contributed by atoms with van der Waals surface area (Å²) < 4.78 is 5.04. The largest absolute Gasteiger partial charge is 0.414 e. The summed E-state index contributed by atoms with van der Waals surface area (Å²) in [5, 5.41) is 8.75. The molecule has 60 valence electrons. The van der Waals surface area contributed by atoms with Crippen LogP contribution in [0.4, 0.5) is 0 Å². The summed E-state index contributed by atoms with van der Waals surface area (Å²) in [5.74, 6) is 0. The fourth-order valence-corrected chi connectivity index (χ4v) is 1.17. The molecule has 0 N–H and O–H groups in total. The molecule has 0 aromatic heterocycles. The molecule has 4 heteroatoms. The van der Waals surface area contributed by atoms with Crippen molar-refractivity contribution in [3.8, 4) is 6.07 Å². The highest BCUT2D eigenvalue weighted by Crippen LogP contribution is 2.00. The van der Waals surface area contributed by atoms with Gasteiger partial charge in [0.2, 0.25) is 0 Å². The van der Waals surface area contributed by atoms with Gasteiger partial charge in [-0.25, -0.2) is 0 Å². The molecule has 0 spiro atoms. The third-order valence-corrected chi connectivity index (χ3v) is 2.13. The van der Waals surface area contributed by atoms with Gasteiger partial charge >= 0.3 is 6.92 Å². The van der Waals surface area contributed by atoms with Crippen LogP contribution in [0.15, 0.2) is 24.3 Å². The van der Waals surface area contributed by atoms with Gasteiger partial charge < -0.3 is 4.44 Å². The van der Waals surface area contributed by atoms with E-state index >= 15 is 0 Å². The van der Waals surface area contributed by atoms with Crippen LogP contribution in [0.2, 0.25) is 6.82 Å². The summed E-state index contributed by atoms with van der Waals surface area (Å²) in [6, 6.07) is 9.55. The monoisotopic (exact) mass is 177 g/mol. The quantitative estimate of drug-likeness (QED) is 0.502. The average Bonchev–Trinajstić information content (AvgIpc) is 2.16. The van der Waals surface area contributed by atoms with Crippen LogP contribution in [0.1, 0.15) is 5.56 Å². The van der Waals surface area contributed by atoms with Crippen LogP contribution in [0, 0.1) is 11.3 Å². The molecule has 1 atom stereocenters. The summed E-state index contributed by atoms with van der Waals surface area (Å²) in [4.78, 5) is 0. The molecule has 1 unspecified atom stereocenters. The third kappa shape index (κ3) is 1.85. The summed E-state index contributed by atoms with van der Waals surface area (Å²) >= 11 is 0. The highest BCUT2D eigenvalue weighted by Gasteiger charge is 2.13. The SMILES string of the molecule is CB(OP)c1ccccc1C#N. The fraction of sp³-hybridized carbons (Fsp3) is 0.125. The van der Waals surface area contributed by atoms with Crippen molar-refractivity contribution in [2.24, 2.45) is 0 Å². The maximum atomic E-state index is 8.75. The second-order valence-corrected chi connectivity index (χ2v) is 2.75. The first-order chi connectivity index (χ1) is 5.79. The lowest BCUT2D eigenvalue weighted by Crippen LogP contribution is -2.29. The molecule has 0 saturated heterocycles. The average molecular weight is 177 g/mol. The predicted octanol–water partition coefficient (Wildman–Crippen LogP) is 1.19. The summed E-state index contributed by atoms with van der Waals surface area (Å²) in [7, 11) is 2.20. The van der Waals surface area contributed by atoms with Crippen LogP contribution in [-0.4, -0.2) is 6.92 Å². The zero-order chi connectivity index (χ0) is 8.97. The normalized spacial score (nSPS) is 9.08. The van der Waals surface area contributed by atoms with E-state index in [9.17, 15) is 0 Å². The van der Waals surface area contributed by atoms with Crippen molar-refractivity contribution in [2.75, 3.05) is 0 Å². The Labute approximate surface area is 74.9 Å². The Morgan fingerprint density at radius 2 is 2.17 bits per heavy atom. The topological polar surface area (TPSA) is 33.0 Å².